The second-order valence-corrected chi connectivity index (χ2v) is 4.99. The predicted molar refractivity (Wildman–Crippen MR) is 64.0 cm³/mol. The topological polar surface area (TPSA) is 24.1 Å². The lowest BCUT2D eigenvalue weighted by molar-refractivity contribution is 0.274. The third kappa shape index (κ3) is 2.39. The molecule has 2 N–H and O–H groups in total. The minimum atomic E-state index is 0.0682. The third-order valence-corrected chi connectivity index (χ3v) is 3.09. The number of hydrogen-bond acceptors (Lipinski definition) is 2. The Kier molecular flexibility index (Phi) is 2.81. The minimum Gasteiger partial charge on any atom is -0.314 e. The van der Waals surface area contributed by atoms with Crippen molar-refractivity contribution in [1.82, 2.24) is 10.6 Å². The Labute approximate surface area is 92.1 Å². The maximum Gasteiger partial charge on any atom is 0.0380 e. The summed E-state index contributed by atoms with van der Waals surface area (Å²) in [7, 11) is 0. The number of benzene rings is 1. The standard InChI is InChI=1S/C13H20N2/c1-10-5-4-6-11(7-10)13(2,3)15-12-8-14-9-12/h4-7,12,14-15H,8-9H2,1-3H3. The van der Waals surface area contributed by atoms with E-state index in [1.807, 2.05) is 0 Å². The summed E-state index contributed by atoms with van der Waals surface area (Å²) in [6, 6.07) is 9.36. The van der Waals surface area contributed by atoms with Crippen LogP contribution in [-0.2, 0) is 5.54 Å². The number of nitrogens with one attached hydrogen (secondary N) is 2. The first kappa shape index (κ1) is 10.7. The summed E-state index contributed by atoms with van der Waals surface area (Å²) in [6.07, 6.45) is 0. The monoisotopic (exact) mass is 204 g/mol. The van der Waals surface area contributed by atoms with Gasteiger partial charge in [0, 0.05) is 24.7 Å². The molecular formula is C13H20N2. The first-order chi connectivity index (χ1) is 7.08. The van der Waals surface area contributed by atoms with Crippen molar-refractivity contribution in [2.24, 2.45) is 0 Å². The van der Waals surface area contributed by atoms with Crippen LogP contribution in [0.5, 0.6) is 0 Å². The highest BCUT2D eigenvalue weighted by molar-refractivity contribution is 5.28. The molecule has 2 nitrogen and oxygen atoms in total. The first-order valence-electron chi connectivity index (χ1n) is 5.63. The largest absolute Gasteiger partial charge is 0.314 e. The number of rotatable bonds is 3. The molecule has 1 aliphatic rings. The average Bonchev–Trinajstić information content (AvgIpc) is 2.12. The van der Waals surface area contributed by atoms with Gasteiger partial charge in [0.1, 0.15) is 0 Å². The molecule has 1 saturated heterocycles. The smallest absolute Gasteiger partial charge is 0.0380 e. The maximum absolute atomic E-state index is 3.67. The molecule has 0 aromatic heterocycles. The molecule has 0 radical (unpaired) electrons. The van der Waals surface area contributed by atoms with Gasteiger partial charge in [-0.2, -0.15) is 0 Å². The summed E-state index contributed by atoms with van der Waals surface area (Å²) in [5, 5.41) is 6.96. The van der Waals surface area contributed by atoms with Crippen LogP contribution in [0, 0.1) is 6.92 Å². The van der Waals surface area contributed by atoms with E-state index in [9.17, 15) is 0 Å². The Bertz CT molecular complexity index is 340. The van der Waals surface area contributed by atoms with Crippen LogP contribution in [0.2, 0.25) is 0 Å². The molecule has 0 atom stereocenters. The fourth-order valence-corrected chi connectivity index (χ4v) is 2.02. The normalized spacial score (nSPS) is 17.5. The molecule has 0 bridgehead atoms. The summed E-state index contributed by atoms with van der Waals surface area (Å²) >= 11 is 0. The molecule has 0 amide bonds. The summed E-state index contributed by atoms with van der Waals surface area (Å²) in [6.45, 7) is 8.83. The molecule has 0 unspecified atom stereocenters. The Balaban J connectivity index is 2.12. The molecule has 0 saturated carbocycles. The Morgan fingerprint density at radius 1 is 1.33 bits per heavy atom. The highest BCUT2D eigenvalue weighted by Crippen LogP contribution is 2.22. The van der Waals surface area contributed by atoms with Crippen molar-refractivity contribution >= 4 is 0 Å². The van der Waals surface area contributed by atoms with Crippen LogP contribution < -0.4 is 10.6 Å². The van der Waals surface area contributed by atoms with Gasteiger partial charge < -0.3 is 10.6 Å². The van der Waals surface area contributed by atoms with E-state index in [4.69, 9.17) is 0 Å². The molecule has 1 fully saturated rings. The van der Waals surface area contributed by atoms with Gasteiger partial charge in [-0.3, -0.25) is 0 Å². The lowest BCUT2D eigenvalue weighted by Gasteiger charge is -2.37. The van der Waals surface area contributed by atoms with Gasteiger partial charge in [0.05, 0.1) is 0 Å². The maximum atomic E-state index is 3.67. The van der Waals surface area contributed by atoms with E-state index in [0.29, 0.717) is 6.04 Å². The predicted octanol–water partition coefficient (Wildman–Crippen LogP) is 1.79. The number of hydrogen-bond donors (Lipinski definition) is 2. The van der Waals surface area contributed by atoms with E-state index in [1.54, 1.807) is 0 Å². The zero-order valence-corrected chi connectivity index (χ0v) is 9.80. The van der Waals surface area contributed by atoms with E-state index in [1.165, 1.54) is 11.1 Å². The van der Waals surface area contributed by atoms with Crippen LogP contribution in [0.1, 0.15) is 25.0 Å². The lowest BCUT2D eigenvalue weighted by atomic mass is 9.91. The van der Waals surface area contributed by atoms with Crippen molar-refractivity contribution in [3.8, 4) is 0 Å². The van der Waals surface area contributed by atoms with Gasteiger partial charge in [0.15, 0.2) is 0 Å². The molecule has 1 aliphatic heterocycles. The second kappa shape index (κ2) is 3.95. The van der Waals surface area contributed by atoms with Crippen molar-refractivity contribution in [2.75, 3.05) is 13.1 Å². The summed E-state index contributed by atoms with van der Waals surface area (Å²) in [5.41, 5.74) is 2.77. The van der Waals surface area contributed by atoms with Gasteiger partial charge in [0.2, 0.25) is 0 Å². The Morgan fingerprint density at radius 3 is 2.60 bits per heavy atom. The molecule has 1 aromatic carbocycles. The van der Waals surface area contributed by atoms with E-state index in [2.05, 4.69) is 55.7 Å². The molecule has 2 rings (SSSR count). The lowest BCUT2D eigenvalue weighted by Crippen LogP contribution is -2.59. The van der Waals surface area contributed by atoms with Crippen LogP contribution in [0.4, 0.5) is 0 Å². The Morgan fingerprint density at radius 2 is 2.07 bits per heavy atom. The molecule has 82 valence electrons. The molecule has 1 aromatic rings. The second-order valence-electron chi connectivity index (χ2n) is 4.99. The van der Waals surface area contributed by atoms with Gasteiger partial charge in [-0.05, 0) is 26.3 Å². The summed E-state index contributed by atoms with van der Waals surface area (Å²) in [4.78, 5) is 0. The van der Waals surface area contributed by atoms with E-state index in [-0.39, 0.29) is 5.54 Å². The van der Waals surface area contributed by atoms with Crippen LogP contribution in [0.25, 0.3) is 0 Å². The van der Waals surface area contributed by atoms with Crippen LogP contribution >= 0.6 is 0 Å². The molecule has 0 spiro atoms. The van der Waals surface area contributed by atoms with Gasteiger partial charge in [-0.15, -0.1) is 0 Å². The van der Waals surface area contributed by atoms with Gasteiger partial charge in [-0.25, -0.2) is 0 Å². The molecule has 2 heteroatoms. The Hall–Kier alpha value is -0.860. The van der Waals surface area contributed by atoms with Crippen molar-refractivity contribution in [3.05, 3.63) is 35.4 Å². The van der Waals surface area contributed by atoms with E-state index >= 15 is 0 Å². The van der Waals surface area contributed by atoms with Crippen molar-refractivity contribution < 1.29 is 0 Å². The minimum absolute atomic E-state index is 0.0682. The fourth-order valence-electron chi connectivity index (χ4n) is 2.02. The van der Waals surface area contributed by atoms with Crippen LogP contribution in [0.15, 0.2) is 24.3 Å². The third-order valence-electron chi connectivity index (χ3n) is 3.09. The summed E-state index contributed by atoms with van der Waals surface area (Å²) in [5.74, 6) is 0. The van der Waals surface area contributed by atoms with Gasteiger partial charge >= 0.3 is 0 Å². The highest BCUT2D eigenvalue weighted by atomic mass is 15.1. The van der Waals surface area contributed by atoms with E-state index < -0.39 is 0 Å². The van der Waals surface area contributed by atoms with Crippen molar-refractivity contribution in [2.45, 2.75) is 32.4 Å². The fraction of sp³-hybridized carbons (Fsp3) is 0.538. The van der Waals surface area contributed by atoms with Crippen LogP contribution in [0.3, 0.4) is 0 Å². The molecule has 15 heavy (non-hydrogen) atoms. The van der Waals surface area contributed by atoms with E-state index in [0.717, 1.165) is 13.1 Å². The molecule has 0 aliphatic carbocycles. The molecule has 1 heterocycles. The average molecular weight is 204 g/mol. The van der Waals surface area contributed by atoms with Crippen molar-refractivity contribution in [3.63, 3.8) is 0 Å². The van der Waals surface area contributed by atoms with Gasteiger partial charge in [-0.1, -0.05) is 29.8 Å². The zero-order chi connectivity index (χ0) is 10.9. The quantitative estimate of drug-likeness (QED) is 0.784. The highest BCUT2D eigenvalue weighted by Gasteiger charge is 2.27. The first-order valence-corrected chi connectivity index (χ1v) is 5.63. The molecular weight excluding hydrogens is 184 g/mol. The van der Waals surface area contributed by atoms with Gasteiger partial charge in [0.25, 0.3) is 0 Å². The zero-order valence-electron chi connectivity index (χ0n) is 9.80. The summed E-state index contributed by atoms with van der Waals surface area (Å²) < 4.78 is 0. The number of aryl methyl sites for hydroxylation is 1. The van der Waals surface area contributed by atoms with Crippen LogP contribution in [-0.4, -0.2) is 19.1 Å². The SMILES string of the molecule is Cc1cccc(C(C)(C)NC2CNC2)c1. The van der Waals surface area contributed by atoms with Crippen molar-refractivity contribution in [1.29, 1.82) is 0 Å².